The predicted octanol–water partition coefficient (Wildman–Crippen LogP) is 5.81. The average Bonchev–Trinajstić information content (AvgIpc) is 3.18. The van der Waals surface area contributed by atoms with Gasteiger partial charge in [-0.05, 0) is 81.8 Å². The quantitative estimate of drug-likeness (QED) is 0.310. The Morgan fingerprint density at radius 2 is 1.66 bits per heavy atom. The molecule has 0 spiro atoms. The molecular formula is C27H29N5O3. The number of carbonyl (C=O) groups is 1. The molecular weight excluding hydrogens is 442 g/mol. The Morgan fingerprint density at radius 1 is 0.943 bits per heavy atom. The Labute approximate surface area is 205 Å². The first-order valence-corrected chi connectivity index (χ1v) is 11.6. The lowest BCUT2D eigenvalue weighted by Crippen LogP contribution is -2.11. The van der Waals surface area contributed by atoms with E-state index in [0.29, 0.717) is 41.1 Å². The van der Waals surface area contributed by atoms with Gasteiger partial charge in [0.2, 0.25) is 5.88 Å². The maximum absolute atomic E-state index is 12.6. The van der Waals surface area contributed by atoms with Crippen LogP contribution in [0.4, 0.5) is 5.69 Å². The van der Waals surface area contributed by atoms with Crippen molar-refractivity contribution in [3.8, 4) is 23.2 Å². The van der Waals surface area contributed by atoms with E-state index in [1.807, 2.05) is 39.0 Å². The lowest BCUT2D eigenvalue weighted by Gasteiger charge is -2.10. The third kappa shape index (κ3) is 6.23. The molecule has 0 bridgehead atoms. The molecule has 0 aliphatic rings. The summed E-state index contributed by atoms with van der Waals surface area (Å²) in [5.74, 6) is 2.80. The second-order valence-corrected chi connectivity index (χ2v) is 8.26. The van der Waals surface area contributed by atoms with Crippen LogP contribution in [0.25, 0.3) is 5.82 Å². The van der Waals surface area contributed by atoms with Crippen molar-refractivity contribution in [3.05, 3.63) is 83.4 Å². The van der Waals surface area contributed by atoms with E-state index in [0.717, 1.165) is 30.0 Å². The van der Waals surface area contributed by atoms with Crippen LogP contribution in [0.15, 0.2) is 60.7 Å². The minimum absolute atomic E-state index is 0.195. The molecule has 35 heavy (non-hydrogen) atoms. The molecule has 0 aliphatic heterocycles. The second kappa shape index (κ2) is 10.8. The Morgan fingerprint density at radius 3 is 2.31 bits per heavy atom. The predicted molar refractivity (Wildman–Crippen MR) is 135 cm³/mol. The van der Waals surface area contributed by atoms with Crippen LogP contribution >= 0.6 is 0 Å². The van der Waals surface area contributed by atoms with Gasteiger partial charge in [-0.3, -0.25) is 4.79 Å². The number of anilines is 1. The van der Waals surface area contributed by atoms with Gasteiger partial charge < -0.3 is 14.8 Å². The first-order chi connectivity index (χ1) is 16.9. The number of hydrogen-bond acceptors (Lipinski definition) is 6. The van der Waals surface area contributed by atoms with Crippen LogP contribution in [0.3, 0.4) is 0 Å². The molecule has 180 valence electrons. The smallest absolute Gasteiger partial charge is 0.255 e. The SMILES string of the molecule is CCCCOc1ccc(C(=O)Nc2ccc(Oc3cc(-n4nc(C)cc4C)nc(C)n3)cc2)cc1. The summed E-state index contributed by atoms with van der Waals surface area (Å²) in [6, 6.07) is 18.0. The molecule has 0 saturated carbocycles. The minimum Gasteiger partial charge on any atom is -0.494 e. The van der Waals surface area contributed by atoms with E-state index in [1.54, 1.807) is 47.1 Å². The van der Waals surface area contributed by atoms with E-state index in [9.17, 15) is 4.79 Å². The molecule has 0 radical (unpaired) electrons. The monoisotopic (exact) mass is 471 g/mol. The van der Waals surface area contributed by atoms with Crippen molar-refractivity contribution in [1.82, 2.24) is 19.7 Å². The Kier molecular flexibility index (Phi) is 7.40. The highest BCUT2D eigenvalue weighted by Gasteiger charge is 2.11. The third-order valence-corrected chi connectivity index (χ3v) is 5.25. The molecule has 0 unspecified atom stereocenters. The summed E-state index contributed by atoms with van der Waals surface area (Å²) in [6.45, 7) is 8.51. The number of carbonyl (C=O) groups excluding carboxylic acids is 1. The molecule has 2 aromatic heterocycles. The zero-order valence-electron chi connectivity index (χ0n) is 20.4. The number of aryl methyl sites for hydroxylation is 3. The zero-order chi connectivity index (χ0) is 24.8. The lowest BCUT2D eigenvalue weighted by atomic mass is 10.2. The maximum atomic E-state index is 12.6. The number of benzene rings is 2. The largest absolute Gasteiger partial charge is 0.494 e. The van der Waals surface area contributed by atoms with Crippen molar-refractivity contribution in [2.24, 2.45) is 0 Å². The summed E-state index contributed by atoms with van der Waals surface area (Å²) < 4.78 is 13.4. The molecule has 8 nitrogen and oxygen atoms in total. The Bertz CT molecular complexity index is 1300. The van der Waals surface area contributed by atoms with Gasteiger partial charge in [-0.25, -0.2) is 9.67 Å². The molecule has 8 heteroatoms. The molecule has 1 N–H and O–H groups in total. The van der Waals surface area contributed by atoms with Crippen LogP contribution < -0.4 is 14.8 Å². The summed E-state index contributed by atoms with van der Waals surface area (Å²) >= 11 is 0. The third-order valence-electron chi connectivity index (χ3n) is 5.25. The molecule has 2 heterocycles. The topological polar surface area (TPSA) is 91.2 Å². The Hall–Kier alpha value is -4.20. The van der Waals surface area contributed by atoms with Gasteiger partial charge in [0.25, 0.3) is 5.91 Å². The van der Waals surface area contributed by atoms with Crippen LogP contribution in [0.5, 0.6) is 17.4 Å². The van der Waals surface area contributed by atoms with Crippen molar-refractivity contribution in [2.75, 3.05) is 11.9 Å². The van der Waals surface area contributed by atoms with Gasteiger partial charge in [0.15, 0.2) is 5.82 Å². The fourth-order valence-electron chi connectivity index (χ4n) is 3.51. The zero-order valence-corrected chi connectivity index (χ0v) is 20.4. The minimum atomic E-state index is -0.195. The first kappa shape index (κ1) is 23.9. The maximum Gasteiger partial charge on any atom is 0.255 e. The fraction of sp³-hybridized carbons (Fsp3) is 0.259. The van der Waals surface area contributed by atoms with Crippen LogP contribution in [0.2, 0.25) is 0 Å². The normalized spacial score (nSPS) is 10.7. The number of rotatable bonds is 9. The molecule has 4 aromatic rings. The van der Waals surface area contributed by atoms with Crippen LogP contribution in [0.1, 0.15) is 47.3 Å². The van der Waals surface area contributed by atoms with Gasteiger partial charge in [0.1, 0.15) is 17.3 Å². The van der Waals surface area contributed by atoms with Gasteiger partial charge in [-0.15, -0.1) is 0 Å². The number of nitrogens with one attached hydrogen (secondary N) is 1. The van der Waals surface area contributed by atoms with Crippen molar-refractivity contribution < 1.29 is 14.3 Å². The summed E-state index contributed by atoms with van der Waals surface area (Å²) in [4.78, 5) is 21.4. The number of hydrogen-bond donors (Lipinski definition) is 1. The van der Waals surface area contributed by atoms with Crippen LogP contribution in [-0.2, 0) is 0 Å². The van der Waals surface area contributed by atoms with E-state index < -0.39 is 0 Å². The van der Waals surface area contributed by atoms with Gasteiger partial charge in [0, 0.05) is 23.0 Å². The first-order valence-electron chi connectivity index (χ1n) is 11.6. The van der Waals surface area contributed by atoms with Gasteiger partial charge in [0.05, 0.1) is 12.3 Å². The van der Waals surface area contributed by atoms with Gasteiger partial charge in [-0.1, -0.05) is 13.3 Å². The summed E-state index contributed by atoms with van der Waals surface area (Å²) in [6.07, 6.45) is 2.08. The summed E-state index contributed by atoms with van der Waals surface area (Å²) in [5, 5.41) is 7.38. The summed E-state index contributed by atoms with van der Waals surface area (Å²) in [7, 11) is 0. The van der Waals surface area contributed by atoms with E-state index in [2.05, 4.69) is 27.3 Å². The molecule has 0 aliphatic carbocycles. The van der Waals surface area contributed by atoms with Gasteiger partial charge >= 0.3 is 0 Å². The number of unbranched alkanes of at least 4 members (excludes halogenated alkanes) is 1. The highest BCUT2D eigenvalue weighted by atomic mass is 16.5. The highest BCUT2D eigenvalue weighted by molar-refractivity contribution is 6.04. The van der Waals surface area contributed by atoms with Crippen molar-refractivity contribution in [3.63, 3.8) is 0 Å². The van der Waals surface area contributed by atoms with E-state index >= 15 is 0 Å². The van der Waals surface area contributed by atoms with Crippen LogP contribution in [0, 0.1) is 20.8 Å². The van der Waals surface area contributed by atoms with Crippen LogP contribution in [-0.4, -0.2) is 32.3 Å². The average molecular weight is 472 g/mol. The molecule has 0 saturated heterocycles. The molecule has 4 rings (SSSR count). The molecule has 0 atom stereocenters. The fourth-order valence-corrected chi connectivity index (χ4v) is 3.51. The molecule has 1 amide bonds. The number of amides is 1. The molecule has 2 aromatic carbocycles. The number of aromatic nitrogens is 4. The van der Waals surface area contributed by atoms with E-state index in [-0.39, 0.29) is 5.91 Å². The van der Waals surface area contributed by atoms with Crippen molar-refractivity contribution in [1.29, 1.82) is 0 Å². The molecule has 0 fully saturated rings. The second-order valence-electron chi connectivity index (χ2n) is 8.26. The lowest BCUT2D eigenvalue weighted by molar-refractivity contribution is 0.102. The Balaban J connectivity index is 1.39. The van der Waals surface area contributed by atoms with Crippen molar-refractivity contribution >= 4 is 11.6 Å². The van der Waals surface area contributed by atoms with Crippen molar-refractivity contribution in [2.45, 2.75) is 40.5 Å². The highest BCUT2D eigenvalue weighted by Crippen LogP contribution is 2.24. The standard InChI is InChI=1S/C27H29N5O3/c1-5-6-15-34-23-11-7-21(8-12-23)27(33)30-22-9-13-24(14-10-22)35-26-17-25(28-20(4)29-26)32-19(3)16-18(2)31-32/h7-14,16-17H,5-6,15H2,1-4H3,(H,30,33). The van der Waals surface area contributed by atoms with E-state index in [4.69, 9.17) is 9.47 Å². The number of ether oxygens (including phenoxy) is 2. The summed E-state index contributed by atoms with van der Waals surface area (Å²) in [5.41, 5.74) is 3.11. The van der Waals surface area contributed by atoms with E-state index in [1.165, 1.54) is 0 Å². The number of nitrogens with zero attached hydrogens (tertiary/aromatic N) is 4. The van der Waals surface area contributed by atoms with Gasteiger partial charge in [-0.2, -0.15) is 10.1 Å².